The van der Waals surface area contributed by atoms with Gasteiger partial charge in [0.05, 0.1) is 12.9 Å². The van der Waals surface area contributed by atoms with Crippen molar-refractivity contribution in [2.45, 2.75) is 38.3 Å². The second-order valence-electron chi connectivity index (χ2n) is 5.54. The quantitative estimate of drug-likeness (QED) is 0.663. The summed E-state index contributed by atoms with van der Waals surface area (Å²) in [5.41, 5.74) is -0.478. The SMILES string of the molecule is COCC(NCC(C)(C)NS(C)(=O)=O)C1CC1. The van der Waals surface area contributed by atoms with Gasteiger partial charge in [0.2, 0.25) is 10.0 Å². The molecule has 1 unspecified atom stereocenters. The molecule has 5 nitrogen and oxygen atoms in total. The third kappa shape index (κ3) is 6.35. The standard InChI is InChI=1S/C11H24N2O3S/c1-11(2,13-17(4,14)15)8-12-10(7-16-3)9-5-6-9/h9-10,12-13H,5-8H2,1-4H3. The molecule has 0 saturated heterocycles. The number of methoxy groups -OCH3 is 1. The lowest BCUT2D eigenvalue weighted by molar-refractivity contribution is 0.154. The van der Waals surface area contributed by atoms with E-state index in [4.69, 9.17) is 4.74 Å². The van der Waals surface area contributed by atoms with Crippen LogP contribution in [0.3, 0.4) is 0 Å². The van der Waals surface area contributed by atoms with Crippen LogP contribution in [0.1, 0.15) is 26.7 Å². The molecule has 1 saturated carbocycles. The van der Waals surface area contributed by atoms with Gasteiger partial charge in [-0.2, -0.15) is 0 Å². The molecule has 0 bridgehead atoms. The number of sulfonamides is 1. The normalized spacial score (nSPS) is 19.3. The molecule has 0 radical (unpaired) electrons. The highest BCUT2D eigenvalue weighted by molar-refractivity contribution is 7.88. The van der Waals surface area contributed by atoms with Gasteiger partial charge in [0.15, 0.2) is 0 Å². The van der Waals surface area contributed by atoms with Gasteiger partial charge in [-0.05, 0) is 32.6 Å². The summed E-state index contributed by atoms with van der Waals surface area (Å²) in [4.78, 5) is 0. The molecule has 6 heteroatoms. The van der Waals surface area contributed by atoms with Crippen LogP contribution in [0.5, 0.6) is 0 Å². The first kappa shape index (κ1) is 14.9. The van der Waals surface area contributed by atoms with Crippen LogP contribution in [0.4, 0.5) is 0 Å². The van der Waals surface area contributed by atoms with Crippen molar-refractivity contribution in [3.05, 3.63) is 0 Å². The zero-order chi connectivity index (χ0) is 13.1. The molecule has 102 valence electrons. The zero-order valence-corrected chi connectivity index (χ0v) is 11.9. The van der Waals surface area contributed by atoms with Crippen LogP contribution in [0.2, 0.25) is 0 Å². The van der Waals surface area contributed by atoms with Crippen LogP contribution >= 0.6 is 0 Å². The first-order chi connectivity index (χ1) is 7.73. The van der Waals surface area contributed by atoms with Crippen LogP contribution in [0, 0.1) is 5.92 Å². The average molecular weight is 264 g/mol. The van der Waals surface area contributed by atoms with Crippen molar-refractivity contribution < 1.29 is 13.2 Å². The summed E-state index contributed by atoms with van der Waals surface area (Å²) in [6, 6.07) is 0.334. The second-order valence-corrected chi connectivity index (χ2v) is 7.29. The number of ether oxygens (including phenoxy) is 1. The largest absolute Gasteiger partial charge is 0.383 e. The Kier molecular flexibility index (Phi) is 4.95. The van der Waals surface area contributed by atoms with Crippen LogP contribution in [-0.2, 0) is 14.8 Å². The van der Waals surface area contributed by atoms with Gasteiger partial charge in [0, 0.05) is 25.2 Å². The van der Waals surface area contributed by atoms with Gasteiger partial charge in [-0.1, -0.05) is 0 Å². The Morgan fingerprint density at radius 1 is 1.41 bits per heavy atom. The molecule has 0 spiro atoms. The maximum absolute atomic E-state index is 11.2. The highest BCUT2D eigenvalue weighted by atomic mass is 32.2. The highest BCUT2D eigenvalue weighted by Gasteiger charge is 2.32. The van der Waals surface area contributed by atoms with E-state index in [1.807, 2.05) is 13.8 Å². The molecule has 0 heterocycles. The smallest absolute Gasteiger partial charge is 0.209 e. The third-order valence-corrected chi connectivity index (χ3v) is 3.73. The molecule has 0 amide bonds. The second kappa shape index (κ2) is 5.65. The van der Waals surface area contributed by atoms with Crippen molar-refractivity contribution >= 4 is 10.0 Å². The Bertz CT molecular complexity index is 337. The van der Waals surface area contributed by atoms with Crippen molar-refractivity contribution in [1.82, 2.24) is 10.0 Å². The third-order valence-electron chi connectivity index (χ3n) is 2.81. The first-order valence-electron chi connectivity index (χ1n) is 5.95. The van der Waals surface area contributed by atoms with Gasteiger partial charge >= 0.3 is 0 Å². The van der Waals surface area contributed by atoms with Crippen LogP contribution in [-0.4, -0.2) is 46.5 Å². The predicted octanol–water partition coefficient (Wildman–Crippen LogP) is 0.329. The van der Waals surface area contributed by atoms with Gasteiger partial charge < -0.3 is 10.1 Å². The van der Waals surface area contributed by atoms with E-state index in [1.165, 1.54) is 19.1 Å². The Morgan fingerprint density at radius 3 is 2.41 bits per heavy atom. The summed E-state index contributed by atoms with van der Waals surface area (Å²) in [7, 11) is -1.48. The maximum Gasteiger partial charge on any atom is 0.209 e. The fourth-order valence-corrected chi connectivity index (χ4v) is 3.04. The minimum Gasteiger partial charge on any atom is -0.383 e. The molecule has 0 aromatic carbocycles. The van der Waals surface area contributed by atoms with E-state index in [-0.39, 0.29) is 0 Å². The van der Waals surface area contributed by atoms with Crippen molar-refractivity contribution in [2.24, 2.45) is 5.92 Å². The fourth-order valence-electron chi connectivity index (χ4n) is 1.96. The lowest BCUT2D eigenvalue weighted by Gasteiger charge is -2.28. The molecule has 1 aliphatic carbocycles. The van der Waals surface area contributed by atoms with E-state index in [9.17, 15) is 8.42 Å². The average Bonchev–Trinajstić information content (AvgIpc) is 2.91. The number of hydrogen-bond donors (Lipinski definition) is 2. The topological polar surface area (TPSA) is 67.4 Å². The minimum atomic E-state index is -3.17. The number of hydrogen-bond acceptors (Lipinski definition) is 4. The first-order valence-corrected chi connectivity index (χ1v) is 7.84. The molecule has 2 N–H and O–H groups in total. The lowest BCUT2D eigenvalue weighted by atomic mass is 10.1. The van der Waals surface area contributed by atoms with Crippen molar-refractivity contribution in [3.8, 4) is 0 Å². The van der Waals surface area contributed by atoms with Crippen molar-refractivity contribution in [2.75, 3.05) is 26.5 Å². The molecule has 1 fully saturated rings. The fraction of sp³-hybridized carbons (Fsp3) is 1.00. The highest BCUT2D eigenvalue weighted by Crippen LogP contribution is 2.32. The number of rotatable bonds is 8. The molecular weight excluding hydrogens is 240 g/mol. The Hall–Kier alpha value is -0.170. The summed E-state index contributed by atoms with van der Waals surface area (Å²) < 4.78 is 30.2. The molecule has 1 aliphatic rings. The minimum absolute atomic E-state index is 0.334. The zero-order valence-electron chi connectivity index (χ0n) is 11.1. The maximum atomic E-state index is 11.2. The Morgan fingerprint density at radius 2 is 2.00 bits per heavy atom. The van der Waals surface area contributed by atoms with Crippen LogP contribution in [0.15, 0.2) is 0 Å². The molecule has 1 atom stereocenters. The van der Waals surface area contributed by atoms with Gasteiger partial charge in [0.25, 0.3) is 0 Å². The predicted molar refractivity (Wildman–Crippen MR) is 68.4 cm³/mol. The monoisotopic (exact) mass is 264 g/mol. The van der Waals surface area contributed by atoms with Gasteiger partial charge in [-0.3, -0.25) is 0 Å². The lowest BCUT2D eigenvalue weighted by Crippen LogP contribution is -2.52. The van der Waals surface area contributed by atoms with E-state index in [2.05, 4.69) is 10.0 Å². The van der Waals surface area contributed by atoms with E-state index in [0.29, 0.717) is 25.1 Å². The van der Waals surface area contributed by atoms with Gasteiger partial charge in [-0.25, -0.2) is 13.1 Å². The molecular formula is C11H24N2O3S. The summed E-state index contributed by atoms with van der Waals surface area (Å²) in [5, 5.41) is 3.39. The van der Waals surface area contributed by atoms with E-state index in [0.717, 1.165) is 0 Å². The molecule has 0 aromatic rings. The van der Waals surface area contributed by atoms with E-state index >= 15 is 0 Å². The summed E-state index contributed by atoms with van der Waals surface area (Å²) in [6.07, 6.45) is 3.66. The summed E-state index contributed by atoms with van der Waals surface area (Å²) >= 11 is 0. The van der Waals surface area contributed by atoms with E-state index < -0.39 is 15.6 Å². The Labute approximate surface area is 104 Å². The van der Waals surface area contributed by atoms with Crippen molar-refractivity contribution in [3.63, 3.8) is 0 Å². The van der Waals surface area contributed by atoms with Crippen LogP contribution < -0.4 is 10.0 Å². The Balaban J connectivity index is 2.41. The summed E-state index contributed by atoms with van der Waals surface area (Å²) in [6.45, 7) is 5.03. The van der Waals surface area contributed by atoms with Gasteiger partial charge in [-0.15, -0.1) is 0 Å². The molecule has 0 aliphatic heterocycles. The molecule has 17 heavy (non-hydrogen) atoms. The molecule has 1 rings (SSSR count). The summed E-state index contributed by atoms with van der Waals surface area (Å²) in [5.74, 6) is 0.684. The number of nitrogens with one attached hydrogen (secondary N) is 2. The van der Waals surface area contributed by atoms with E-state index in [1.54, 1.807) is 7.11 Å². The molecule has 0 aromatic heterocycles. The van der Waals surface area contributed by atoms with Crippen LogP contribution in [0.25, 0.3) is 0 Å². The van der Waals surface area contributed by atoms with Gasteiger partial charge in [0.1, 0.15) is 0 Å². The van der Waals surface area contributed by atoms with Crippen molar-refractivity contribution in [1.29, 1.82) is 0 Å².